The van der Waals surface area contributed by atoms with Crippen molar-refractivity contribution in [2.45, 2.75) is 12.3 Å². The van der Waals surface area contributed by atoms with Crippen molar-refractivity contribution in [3.63, 3.8) is 0 Å². The summed E-state index contributed by atoms with van der Waals surface area (Å²) in [5, 5.41) is 13.8. The number of rotatable bonds is 7. The van der Waals surface area contributed by atoms with Crippen LogP contribution in [0, 0.1) is 5.41 Å². The van der Waals surface area contributed by atoms with Crippen molar-refractivity contribution < 1.29 is 36.8 Å². The van der Waals surface area contributed by atoms with E-state index in [1.54, 1.807) is 21.3 Å². The number of para-hydroxylation sites is 1. The van der Waals surface area contributed by atoms with Crippen LogP contribution < -0.4 is 19.5 Å². The molecule has 0 aromatic heterocycles. The van der Waals surface area contributed by atoms with Crippen LogP contribution in [0.1, 0.15) is 17.0 Å². The summed E-state index contributed by atoms with van der Waals surface area (Å²) in [5.41, 5.74) is 1.95. The first-order valence-electron chi connectivity index (χ1n) is 9.52. The minimum atomic E-state index is -4.67. The molecule has 0 amide bonds. The lowest BCUT2D eigenvalue weighted by Crippen LogP contribution is -2.35. The van der Waals surface area contributed by atoms with Crippen molar-refractivity contribution in [3.8, 4) is 17.2 Å². The van der Waals surface area contributed by atoms with Crippen LogP contribution in [0.5, 0.6) is 17.2 Å². The maximum atomic E-state index is 10.4. The fraction of sp³-hybridized carbons (Fsp3) is 0.429. The van der Waals surface area contributed by atoms with Gasteiger partial charge in [-0.05, 0) is 35.7 Å². The fourth-order valence-corrected chi connectivity index (χ4v) is 3.98. The van der Waals surface area contributed by atoms with Gasteiger partial charge in [-0.1, -0.05) is 24.3 Å². The molecule has 2 atom stereocenters. The van der Waals surface area contributed by atoms with Gasteiger partial charge in [0, 0.05) is 24.4 Å². The molecule has 1 aliphatic rings. The highest BCUT2D eigenvalue weighted by Gasteiger charge is 2.44. The molecule has 0 radical (unpaired) electrons. The Morgan fingerprint density at radius 2 is 1.61 bits per heavy atom. The summed E-state index contributed by atoms with van der Waals surface area (Å²) in [6.45, 7) is 1.66. The number of hydrogen-bond donors (Lipinski definition) is 4. The van der Waals surface area contributed by atoms with E-state index in [2.05, 4.69) is 17.4 Å². The van der Waals surface area contributed by atoms with E-state index in [1.165, 1.54) is 0 Å². The summed E-state index contributed by atoms with van der Waals surface area (Å²) in [7, 11) is 0.292. The number of hydrogen-bond acceptors (Lipinski definition) is 7. The second-order valence-corrected chi connectivity index (χ2v) is 8.15. The van der Waals surface area contributed by atoms with Crippen LogP contribution >= 0.6 is 0 Å². The summed E-state index contributed by atoms with van der Waals surface area (Å²) in [5.74, 6) is 2.44. The predicted molar refractivity (Wildman–Crippen MR) is 116 cm³/mol. The van der Waals surface area contributed by atoms with Crippen LogP contribution in [0.15, 0.2) is 42.5 Å². The topological polar surface area (TPSA) is 135 Å². The third-order valence-electron chi connectivity index (χ3n) is 5.42. The van der Waals surface area contributed by atoms with Gasteiger partial charge in [-0.25, -0.2) is 0 Å². The highest BCUT2D eigenvalue weighted by atomic mass is 32.3. The van der Waals surface area contributed by atoms with Gasteiger partial charge in [0.15, 0.2) is 11.5 Å². The van der Waals surface area contributed by atoms with Gasteiger partial charge in [-0.3, -0.25) is 9.11 Å². The molecule has 2 aromatic rings. The second kappa shape index (κ2) is 10.8. The molecular formula is C21H29NO8S. The lowest BCUT2D eigenvalue weighted by atomic mass is 9.71. The predicted octanol–water partition coefficient (Wildman–Crippen LogP) is 1.97. The molecule has 0 aliphatic carbocycles. The fourth-order valence-electron chi connectivity index (χ4n) is 3.98. The Morgan fingerprint density at radius 1 is 1.00 bits per heavy atom. The monoisotopic (exact) mass is 455 g/mol. The second-order valence-electron chi connectivity index (χ2n) is 7.25. The molecular weight excluding hydrogens is 426 g/mol. The molecule has 3 rings (SSSR count). The van der Waals surface area contributed by atoms with Crippen LogP contribution in [0.2, 0.25) is 0 Å². The molecule has 0 saturated carbocycles. The van der Waals surface area contributed by atoms with E-state index in [0.29, 0.717) is 11.5 Å². The van der Waals surface area contributed by atoms with Crippen LogP contribution in [0.25, 0.3) is 0 Å². The molecule has 172 valence electrons. The average Bonchev–Trinajstić information content (AvgIpc) is 3.16. The largest absolute Gasteiger partial charge is 0.496 e. The summed E-state index contributed by atoms with van der Waals surface area (Å²) >= 11 is 0. The van der Waals surface area contributed by atoms with Crippen molar-refractivity contribution >= 4 is 10.4 Å². The lowest BCUT2D eigenvalue weighted by molar-refractivity contribution is 0.125. The average molecular weight is 456 g/mol. The van der Waals surface area contributed by atoms with Gasteiger partial charge in [-0.2, -0.15) is 8.42 Å². The van der Waals surface area contributed by atoms with Crippen molar-refractivity contribution in [2.75, 3.05) is 41.0 Å². The first kappa shape index (κ1) is 24.9. The van der Waals surface area contributed by atoms with Crippen LogP contribution in [-0.2, 0) is 16.8 Å². The Hall–Kier alpha value is -2.37. The summed E-state index contributed by atoms with van der Waals surface area (Å²) in [6, 6.07) is 14.0. The smallest absolute Gasteiger partial charge is 0.394 e. The lowest BCUT2D eigenvalue weighted by Gasteiger charge is -2.34. The van der Waals surface area contributed by atoms with Crippen LogP contribution in [0.4, 0.5) is 0 Å². The molecule has 9 nitrogen and oxygen atoms in total. The normalized spacial score (nSPS) is 20.5. The number of aliphatic hydroxyl groups excluding tert-OH is 1. The highest BCUT2D eigenvalue weighted by molar-refractivity contribution is 7.79. The molecule has 1 heterocycles. The number of nitrogens with one attached hydrogen (secondary N) is 1. The maximum absolute atomic E-state index is 10.4. The van der Waals surface area contributed by atoms with Crippen molar-refractivity contribution in [3.05, 3.63) is 53.6 Å². The van der Waals surface area contributed by atoms with E-state index < -0.39 is 10.4 Å². The first-order valence-corrected chi connectivity index (χ1v) is 10.9. The SMILES string of the molecule is COc1ccccc1CC1(CO)CNCC1c1ccc(OC)c(OC)c1.O=S(=O)(O)O. The Labute approximate surface area is 182 Å². The van der Waals surface area contributed by atoms with Crippen molar-refractivity contribution in [1.29, 1.82) is 0 Å². The Morgan fingerprint density at radius 3 is 2.19 bits per heavy atom. The third kappa shape index (κ3) is 6.55. The number of benzene rings is 2. The van der Waals surface area contributed by atoms with Gasteiger partial charge in [0.1, 0.15) is 5.75 Å². The third-order valence-corrected chi connectivity index (χ3v) is 5.42. The Bertz CT molecular complexity index is 958. The van der Waals surface area contributed by atoms with Gasteiger partial charge >= 0.3 is 10.4 Å². The molecule has 4 N–H and O–H groups in total. The van der Waals surface area contributed by atoms with Gasteiger partial charge in [0.25, 0.3) is 0 Å². The molecule has 10 heteroatoms. The number of ether oxygens (including phenoxy) is 3. The van der Waals surface area contributed by atoms with Gasteiger partial charge in [-0.15, -0.1) is 0 Å². The van der Waals surface area contributed by atoms with E-state index in [9.17, 15) is 5.11 Å². The van der Waals surface area contributed by atoms with Gasteiger partial charge in [0.05, 0.1) is 27.9 Å². The number of aliphatic hydroxyl groups is 1. The van der Waals surface area contributed by atoms with Crippen molar-refractivity contribution in [1.82, 2.24) is 5.32 Å². The van der Waals surface area contributed by atoms with Crippen LogP contribution in [0.3, 0.4) is 0 Å². The molecule has 31 heavy (non-hydrogen) atoms. The molecule has 1 saturated heterocycles. The van der Waals surface area contributed by atoms with Crippen LogP contribution in [-0.4, -0.2) is 63.7 Å². The zero-order valence-corrected chi connectivity index (χ0v) is 18.6. The van der Waals surface area contributed by atoms with E-state index in [4.69, 9.17) is 31.7 Å². The zero-order chi connectivity index (χ0) is 23.1. The Balaban J connectivity index is 0.000000614. The summed E-state index contributed by atoms with van der Waals surface area (Å²) in [6.07, 6.45) is 0.736. The van der Waals surface area contributed by atoms with Gasteiger partial charge in [0.2, 0.25) is 0 Å². The van der Waals surface area contributed by atoms with E-state index in [0.717, 1.165) is 36.4 Å². The quantitative estimate of drug-likeness (QED) is 0.462. The molecule has 2 unspecified atom stereocenters. The standard InChI is InChI=1S/C21H27NO4.H2O4S/c1-24-18-7-5-4-6-16(18)11-21(14-23)13-22-12-17(21)15-8-9-19(25-2)20(10-15)26-3;1-5(2,3)4/h4-10,17,22-23H,11-14H2,1-3H3;(H2,1,2,3,4). The first-order chi connectivity index (χ1) is 14.7. The minimum absolute atomic E-state index is 0.0943. The summed E-state index contributed by atoms with van der Waals surface area (Å²) in [4.78, 5) is 0. The van der Waals surface area contributed by atoms with E-state index >= 15 is 0 Å². The van der Waals surface area contributed by atoms with Gasteiger partial charge < -0.3 is 24.6 Å². The zero-order valence-electron chi connectivity index (χ0n) is 17.7. The minimum Gasteiger partial charge on any atom is -0.496 e. The van der Waals surface area contributed by atoms with E-state index in [-0.39, 0.29) is 17.9 Å². The molecule has 1 fully saturated rings. The molecule has 1 aliphatic heterocycles. The number of methoxy groups -OCH3 is 3. The van der Waals surface area contributed by atoms with E-state index in [1.807, 2.05) is 30.3 Å². The Kier molecular flexibility index (Phi) is 8.66. The summed E-state index contributed by atoms with van der Waals surface area (Å²) < 4.78 is 47.9. The molecule has 0 bridgehead atoms. The molecule has 0 spiro atoms. The highest BCUT2D eigenvalue weighted by Crippen LogP contribution is 2.44. The maximum Gasteiger partial charge on any atom is 0.394 e. The van der Waals surface area contributed by atoms with Crippen molar-refractivity contribution in [2.24, 2.45) is 5.41 Å². The molecule has 2 aromatic carbocycles.